The Hall–Kier alpha value is -1.12. The first kappa shape index (κ1) is 21.9. The zero-order valence-corrected chi connectivity index (χ0v) is 18.2. The monoisotopic (exact) mass is 491 g/mol. The van der Waals surface area contributed by atoms with Crippen molar-refractivity contribution in [3.8, 4) is 0 Å². The van der Waals surface area contributed by atoms with Crippen molar-refractivity contribution >= 4 is 52.3 Å². The molecule has 0 aliphatic carbocycles. The van der Waals surface area contributed by atoms with E-state index in [4.69, 9.17) is 11.6 Å². The van der Waals surface area contributed by atoms with Crippen molar-refractivity contribution in [2.75, 3.05) is 26.4 Å². The van der Waals surface area contributed by atoms with Gasteiger partial charge < -0.3 is 10.2 Å². The van der Waals surface area contributed by atoms with E-state index in [-0.39, 0.29) is 24.0 Å². The molecule has 136 valence electrons. The smallest absolute Gasteiger partial charge is 0.193 e. The topological polar surface area (TPSA) is 44.7 Å². The van der Waals surface area contributed by atoms with Gasteiger partial charge in [0.2, 0.25) is 0 Å². The highest BCUT2D eigenvalue weighted by Gasteiger charge is 2.08. The fourth-order valence-corrected chi connectivity index (χ4v) is 3.51. The molecule has 0 spiro atoms. The number of guanidine groups is 1. The molecule has 0 fully saturated rings. The summed E-state index contributed by atoms with van der Waals surface area (Å²) in [5.41, 5.74) is 1.11. The summed E-state index contributed by atoms with van der Waals surface area (Å²) in [5, 5.41) is 3.98. The molecule has 2 rings (SSSR count). The van der Waals surface area contributed by atoms with Crippen LogP contribution in [-0.4, -0.2) is 41.5 Å². The predicted octanol–water partition coefficient (Wildman–Crippen LogP) is 3.77. The number of nitrogens with zero attached hydrogens (tertiary/aromatic N) is 2. The van der Waals surface area contributed by atoms with Gasteiger partial charge in [-0.15, -0.1) is 24.0 Å². The van der Waals surface area contributed by atoms with Crippen molar-refractivity contribution in [1.82, 2.24) is 10.2 Å². The van der Waals surface area contributed by atoms with E-state index in [2.05, 4.69) is 10.3 Å². The first-order valence-electron chi connectivity index (χ1n) is 7.70. The van der Waals surface area contributed by atoms with Crippen LogP contribution < -0.4 is 5.32 Å². The zero-order valence-electron chi connectivity index (χ0n) is 14.3. The maximum atomic E-state index is 12.2. The van der Waals surface area contributed by atoms with Crippen molar-refractivity contribution in [1.29, 1.82) is 0 Å². The van der Waals surface area contributed by atoms with Crippen LogP contribution >= 0.6 is 35.6 Å². The van der Waals surface area contributed by atoms with Crippen LogP contribution in [-0.2, 0) is 17.3 Å². The molecular weight excluding hydrogens is 469 g/mol. The molecule has 1 unspecified atom stereocenters. The van der Waals surface area contributed by atoms with Crippen molar-refractivity contribution in [3.63, 3.8) is 0 Å². The fourth-order valence-electron chi connectivity index (χ4n) is 2.31. The minimum absolute atomic E-state index is 0. The second-order valence-corrected chi connectivity index (χ2v) is 7.33. The Bertz CT molecular complexity index is 712. The van der Waals surface area contributed by atoms with E-state index in [1.165, 1.54) is 0 Å². The van der Waals surface area contributed by atoms with Crippen molar-refractivity contribution < 1.29 is 4.21 Å². The minimum atomic E-state index is -1.01. The molecule has 2 aromatic rings. The number of hydrogen-bond donors (Lipinski definition) is 1. The Morgan fingerprint density at radius 2 is 1.92 bits per heavy atom. The van der Waals surface area contributed by atoms with Gasteiger partial charge in [0, 0.05) is 42.9 Å². The Morgan fingerprint density at radius 1 is 1.20 bits per heavy atom. The highest BCUT2D eigenvalue weighted by atomic mass is 127. The van der Waals surface area contributed by atoms with Gasteiger partial charge in [0.15, 0.2) is 5.96 Å². The molecule has 1 N–H and O–H groups in total. The molecule has 0 bridgehead atoms. The molecular formula is C18H23ClIN3OS. The molecule has 0 radical (unpaired) electrons. The third-order valence-electron chi connectivity index (χ3n) is 3.46. The van der Waals surface area contributed by atoms with Crippen LogP contribution in [0.5, 0.6) is 0 Å². The molecule has 0 saturated heterocycles. The summed E-state index contributed by atoms with van der Waals surface area (Å²) in [6.07, 6.45) is 0. The summed E-state index contributed by atoms with van der Waals surface area (Å²) in [6, 6.07) is 17.3. The van der Waals surface area contributed by atoms with Crippen molar-refractivity contribution in [2.24, 2.45) is 4.99 Å². The number of nitrogens with one attached hydrogen (secondary N) is 1. The van der Waals surface area contributed by atoms with Gasteiger partial charge >= 0.3 is 0 Å². The lowest BCUT2D eigenvalue weighted by Crippen LogP contribution is -2.40. The van der Waals surface area contributed by atoms with Crippen LogP contribution in [0.3, 0.4) is 0 Å². The Kier molecular flexibility index (Phi) is 10.1. The van der Waals surface area contributed by atoms with Crippen LogP contribution in [0.25, 0.3) is 0 Å². The van der Waals surface area contributed by atoms with Crippen molar-refractivity contribution in [3.05, 3.63) is 65.2 Å². The van der Waals surface area contributed by atoms with E-state index in [0.29, 0.717) is 18.8 Å². The molecule has 0 aliphatic heterocycles. The lowest BCUT2D eigenvalue weighted by atomic mass is 10.2. The van der Waals surface area contributed by atoms with Gasteiger partial charge in [-0.25, -0.2) is 0 Å². The number of halogens is 2. The standard InChI is InChI=1S/C18H22ClN3OS.HI/c1-20-18(22(2)14-15-7-6-8-16(19)13-15)21-11-12-24(23)17-9-4-3-5-10-17;/h3-10,13H,11-12,14H2,1-2H3,(H,20,21);1H. The number of rotatable bonds is 6. The van der Waals surface area contributed by atoms with Gasteiger partial charge in [-0.05, 0) is 29.8 Å². The molecule has 1 atom stereocenters. The summed E-state index contributed by atoms with van der Waals surface area (Å²) in [6.45, 7) is 1.29. The maximum absolute atomic E-state index is 12.2. The number of benzene rings is 2. The molecule has 0 saturated carbocycles. The Balaban J connectivity index is 0.00000312. The van der Waals surface area contributed by atoms with E-state index in [1.54, 1.807) is 7.05 Å². The first-order chi connectivity index (χ1) is 11.6. The van der Waals surface area contributed by atoms with Gasteiger partial charge in [-0.1, -0.05) is 41.9 Å². The lowest BCUT2D eigenvalue weighted by molar-refractivity contribution is 0.479. The largest absolute Gasteiger partial charge is 0.355 e. The quantitative estimate of drug-likeness (QED) is 0.380. The predicted molar refractivity (Wildman–Crippen MR) is 117 cm³/mol. The Morgan fingerprint density at radius 3 is 2.56 bits per heavy atom. The van der Waals surface area contributed by atoms with E-state index in [0.717, 1.165) is 21.4 Å². The van der Waals surface area contributed by atoms with Gasteiger partial charge in [-0.2, -0.15) is 0 Å². The molecule has 0 aromatic heterocycles. The summed E-state index contributed by atoms with van der Waals surface area (Å²) in [4.78, 5) is 7.14. The van der Waals surface area contributed by atoms with Gasteiger partial charge in [0.1, 0.15) is 0 Å². The molecule has 2 aromatic carbocycles. The second-order valence-electron chi connectivity index (χ2n) is 5.32. The van der Waals surface area contributed by atoms with Gasteiger partial charge in [-0.3, -0.25) is 9.20 Å². The van der Waals surface area contributed by atoms with E-state index in [9.17, 15) is 4.21 Å². The first-order valence-corrected chi connectivity index (χ1v) is 9.39. The number of aliphatic imine (C=N–C) groups is 1. The highest BCUT2D eigenvalue weighted by Crippen LogP contribution is 2.12. The minimum Gasteiger partial charge on any atom is -0.355 e. The van der Waals surface area contributed by atoms with Crippen molar-refractivity contribution in [2.45, 2.75) is 11.4 Å². The molecule has 0 amide bonds. The maximum Gasteiger partial charge on any atom is 0.193 e. The van der Waals surface area contributed by atoms with Crippen LogP contribution in [0.2, 0.25) is 5.02 Å². The molecule has 0 heterocycles. The van der Waals surface area contributed by atoms with Crippen LogP contribution in [0, 0.1) is 0 Å². The molecule has 4 nitrogen and oxygen atoms in total. The summed E-state index contributed by atoms with van der Waals surface area (Å²) >= 11 is 6.02. The molecule has 25 heavy (non-hydrogen) atoms. The Labute approximate surface area is 174 Å². The molecule has 7 heteroatoms. The SMILES string of the molecule is CN=C(NCCS(=O)c1ccccc1)N(C)Cc1cccc(Cl)c1.I. The third kappa shape index (κ3) is 7.33. The lowest BCUT2D eigenvalue weighted by Gasteiger charge is -2.22. The summed E-state index contributed by atoms with van der Waals surface area (Å²) in [5.74, 6) is 1.30. The fraction of sp³-hybridized carbons (Fsp3) is 0.278. The molecule has 0 aliphatic rings. The average molecular weight is 492 g/mol. The van der Waals surface area contributed by atoms with E-state index < -0.39 is 10.8 Å². The summed E-state index contributed by atoms with van der Waals surface area (Å²) < 4.78 is 12.2. The summed E-state index contributed by atoms with van der Waals surface area (Å²) in [7, 11) is 2.69. The normalized spacial score (nSPS) is 12.2. The third-order valence-corrected chi connectivity index (χ3v) is 5.07. The van der Waals surface area contributed by atoms with Crippen LogP contribution in [0.4, 0.5) is 0 Å². The highest BCUT2D eigenvalue weighted by molar-refractivity contribution is 14.0. The second kappa shape index (κ2) is 11.5. The number of hydrogen-bond acceptors (Lipinski definition) is 2. The van der Waals surface area contributed by atoms with E-state index in [1.807, 2.05) is 66.5 Å². The van der Waals surface area contributed by atoms with Gasteiger partial charge in [0.25, 0.3) is 0 Å². The van der Waals surface area contributed by atoms with Gasteiger partial charge in [0.05, 0.1) is 10.8 Å². The van der Waals surface area contributed by atoms with E-state index >= 15 is 0 Å². The zero-order chi connectivity index (χ0) is 17.4. The average Bonchev–Trinajstić information content (AvgIpc) is 2.59. The van der Waals surface area contributed by atoms with Crippen LogP contribution in [0.15, 0.2) is 64.5 Å². The van der Waals surface area contributed by atoms with Crippen LogP contribution in [0.1, 0.15) is 5.56 Å².